The van der Waals surface area contributed by atoms with Gasteiger partial charge in [-0.15, -0.1) is 11.8 Å². The number of carbonyl (C=O) groups excluding carboxylic acids is 2. The molecule has 0 unspecified atom stereocenters. The molecular formula is C20H25N5O6S. The van der Waals surface area contributed by atoms with Crippen molar-refractivity contribution >= 4 is 35.6 Å². The van der Waals surface area contributed by atoms with Crippen LogP contribution in [0.25, 0.3) is 0 Å². The quantitative estimate of drug-likeness (QED) is 0.472. The fourth-order valence-electron chi connectivity index (χ4n) is 4.88. The molecule has 0 bridgehead atoms. The lowest BCUT2D eigenvalue weighted by molar-refractivity contribution is -0.163. The number of β-lactam (4-membered cyclic amide) rings is 1. The summed E-state index contributed by atoms with van der Waals surface area (Å²) in [6, 6.07) is 0.0523. The smallest absolute Gasteiger partial charge is 0.353 e. The van der Waals surface area contributed by atoms with Crippen molar-refractivity contribution in [3.63, 3.8) is 0 Å². The molecule has 11 nitrogen and oxygen atoms in total. The number of aliphatic carboxylic acids is 1. The first-order valence-corrected chi connectivity index (χ1v) is 11.5. The number of carboxylic acids is 1. The van der Waals surface area contributed by atoms with E-state index < -0.39 is 18.0 Å². The van der Waals surface area contributed by atoms with Crippen LogP contribution in [-0.4, -0.2) is 92.4 Å². The van der Waals surface area contributed by atoms with Gasteiger partial charge in [-0.05, 0) is 6.92 Å². The minimum atomic E-state index is -1.13. The molecule has 5 heterocycles. The van der Waals surface area contributed by atoms with Gasteiger partial charge in [0, 0.05) is 48.3 Å². The number of hydrogen-bond acceptors (Lipinski definition) is 9. The highest BCUT2D eigenvalue weighted by atomic mass is 32.2. The number of nitrogens with two attached hydrogens (primary N) is 1. The number of amides is 2. The van der Waals surface area contributed by atoms with Gasteiger partial charge in [-0.1, -0.05) is 6.92 Å². The lowest BCUT2D eigenvalue weighted by Gasteiger charge is -2.46. The second-order valence-electron chi connectivity index (χ2n) is 8.90. The molecule has 1 aromatic heterocycles. The van der Waals surface area contributed by atoms with Gasteiger partial charge < -0.3 is 35.1 Å². The van der Waals surface area contributed by atoms with Crippen molar-refractivity contribution in [3.05, 3.63) is 22.6 Å². The van der Waals surface area contributed by atoms with Crippen molar-refractivity contribution in [3.8, 4) is 0 Å². The number of carboxylic acid groups (broad SMARTS) is 1. The van der Waals surface area contributed by atoms with Crippen molar-refractivity contribution in [2.45, 2.75) is 37.3 Å². The lowest BCUT2D eigenvalue weighted by atomic mass is 9.79. The number of aliphatic hydroxyl groups excluding tert-OH is 1. The zero-order valence-electron chi connectivity index (χ0n) is 17.7. The molecule has 3 saturated heterocycles. The van der Waals surface area contributed by atoms with Gasteiger partial charge in [0.25, 0.3) is 11.9 Å². The third-order valence-electron chi connectivity index (χ3n) is 6.63. The van der Waals surface area contributed by atoms with Crippen molar-refractivity contribution in [2.75, 3.05) is 31.1 Å². The molecule has 4 aliphatic heterocycles. The number of rotatable bonds is 6. The average molecular weight is 464 g/mol. The van der Waals surface area contributed by atoms with E-state index >= 15 is 0 Å². The summed E-state index contributed by atoms with van der Waals surface area (Å²) in [5.74, 6) is -2.39. The zero-order chi connectivity index (χ0) is 22.9. The Labute approximate surface area is 188 Å². The SMILES string of the molecule is C[C@@H](O)[C@H]1C(=O)N2C(C(=O)O)=C(SC3CN(c4nc(C(=O)N5CC(N)C5)co4)C3)[C@H](C)[C@H]12. The summed E-state index contributed by atoms with van der Waals surface area (Å²) in [5.41, 5.74) is 6.00. The van der Waals surface area contributed by atoms with Crippen LogP contribution in [0.3, 0.4) is 0 Å². The van der Waals surface area contributed by atoms with Crippen LogP contribution in [0.1, 0.15) is 24.3 Å². The van der Waals surface area contributed by atoms with Crippen LogP contribution in [0.15, 0.2) is 21.3 Å². The summed E-state index contributed by atoms with van der Waals surface area (Å²) < 4.78 is 5.47. The van der Waals surface area contributed by atoms with E-state index in [-0.39, 0.29) is 46.5 Å². The fourth-order valence-corrected chi connectivity index (χ4v) is 6.39. The third kappa shape index (κ3) is 3.11. The summed E-state index contributed by atoms with van der Waals surface area (Å²) in [7, 11) is 0. The number of carbonyl (C=O) groups is 3. The van der Waals surface area contributed by atoms with E-state index in [1.807, 2.05) is 11.8 Å². The predicted molar refractivity (Wildman–Crippen MR) is 114 cm³/mol. The number of anilines is 1. The first-order valence-electron chi connectivity index (χ1n) is 10.6. The Morgan fingerprint density at radius 3 is 2.59 bits per heavy atom. The van der Waals surface area contributed by atoms with E-state index in [0.29, 0.717) is 37.1 Å². The summed E-state index contributed by atoms with van der Waals surface area (Å²) >= 11 is 1.45. The van der Waals surface area contributed by atoms with E-state index in [2.05, 4.69) is 4.98 Å². The Balaban J connectivity index is 1.23. The molecule has 1 aromatic rings. The van der Waals surface area contributed by atoms with Crippen LogP contribution in [0, 0.1) is 11.8 Å². The molecular weight excluding hydrogens is 438 g/mol. The highest BCUT2D eigenvalue weighted by molar-refractivity contribution is 8.03. The fraction of sp³-hybridized carbons (Fsp3) is 0.600. The maximum atomic E-state index is 12.4. The largest absolute Gasteiger partial charge is 0.477 e. The summed E-state index contributed by atoms with van der Waals surface area (Å²) in [6.07, 6.45) is 0.525. The van der Waals surface area contributed by atoms with Crippen molar-refractivity contribution in [1.29, 1.82) is 0 Å². The Hall–Kier alpha value is -2.57. The maximum absolute atomic E-state index is 12.4. The first-order chi connectivity index (χ1) is 15.2. The number of oxazole rings is 1. The molecule has 0 aliphatic carbocycles. The summed E-state index contributed by atoms with van der Waals surface area (Å²) in [5, 5.41) is 19.8. The second-order valence-corrected chi connectivity index (χ2v) is 10.2. The average Bonchev–Trinajstić information content (AvgIpc) is 3.23. The zero-order valence-corrected chi connectivity index (χ0v) is 18.5. The molecule has 172 valence electrons. The molecule has 4 aliphatic rings. The van der Waals surface area contributed by atoms with E-state index in [4.69, 9.17) is 10.2 Å². The molecule has 0 aromatic carbocycles. The monoisotopic (exact) mass is 463 g/mol. The van der Waals surface area contributed by atoms with E-state index in [1.54, 1.807) is 11.8 Å². The molecule has 5 rings (SSSR count). The number of hydrogen-bond donors (Lipinski definition) is 3. The van der Waals surface area contributed by atoms with Gasteiger partial charge in [-0.3, -0.25) is 9.59 Å². The molecule has 32 heavy (non-hydrogen) atoms. The summed E-state index contributed by atoms with van der Waals surface area (Å²) in [6.45, 7) is 5.65. The van der Waals surface area contributed by atoms with Gasteiger partial charge in [0.1, 0.15) is 12.0 Å². The van der Waals surface area contributed by atoms with Crippen LogP contribution in [0.2, 0.25) is 0 Å². The van der Waals surface area contributed by atoms with Gasteiger partial charge in [-0.2, -0.15) is 4.98 Å². The molecule has 0 spiro atoms. The van der Waals surface area contributed by atoms with Crippen LogP contribution in [0.4, 0.5) is 6.01 Å². The van der Waals surface area contributed by atoms with Gasteiger partial charge in [0.15, 0.2) is 5.69 Å². The minimum Gasteiger partial charge on any atom is -0.477 e. The minimum absolute atomic E-state index is 0.0131. The van der Waals surface area contributed by atoms with E-state index in [9.17, 15) is 24.6 Å². The summed E-state index contributed by atoms with van der Waals surface area (Å²) in [4.78, 5) is 46.5. The van der Waals surface area contributed by atoms with Crippen LogP contribution < -0.4 is 10.6 Å². The number of thioether (sulfide) groups is 1. The molecule has 0 saturated carbocycles. The third-order valence-corrected chi connectivity index (χ3v) is 8.08. The van der Waals surface area contributed by atoms with Gasteiger partial charge >= 0.3 is 5.97 Å². The Kier molecular flexibility index (Phi) is 4.98. The number of aromatic nitrogens is 1. The second kappa shape index (κ2) is 7.49. The lowest BCUT2D eigenvalue weighted by Crippen LogP contribution is -2.63. The topological polar surface area (TPSA) is 153 Å². The van der Waals surface area contributed by atoms with Crippen LogP contribution in [0.5, 0.6) is 0 Å². The molecule has 0 radical (unpaired) electrons. The number of aliphatic hydroxyl groups is 1. The Bertz CT molecular complexity index is 1010. The highest BCUT2D eigenvalue weighted by Crippen LogP contribution is 2.52. The molecule has 4 N–H and O–H groups in total. The van der Waals surface area contributed by atoms with Crippen molar-refractivity contribution in [2.24, 2.45) is 17.6 Å². The molecule has 4 atom stereocenters. The molecule has 12 heteroatoms. The number of nitrogens with zero attached hydrogens (tertiary/aromatic N) is 4. The Morgan fingerprint density at radius 1 is 1.31 bits per heavy atom. The maximum Gasteiger partial charge on any atom is 0.353 e. The number of likely N-dealkylation sites (tertiary alicyclic amines) is 1. The molecule has 3 fully saturated rings. The van der Waals surface area contributed by atoms with Crippen molar-refractivity contribution in [1.82, 2.24) is 14.8 Å². The van der Waals surface area contributed by atoms with E-state index in [1.165, 1.54) is 22.9 Å². The van der Waals surface area contributed by atoms with Gasteiger partial charge in [-0.25, -0.2) is 4.79 Å². The normalized spacial score (nSPS) is 28.9. The van der Waals surface area contributed by atoms with E-state index in [0.717, 1.165) is 0 Å². The van der Waals surface area contributed by atoms with Crippen LogP contribution >= 0.6 is 11.8 Å². The number of fused-ring (bicyclic) bond motifs is 1. The Morgan fingerprint density at radius 2 is 2.00 bits per heavy atom. The van der Waals surface area contributed by atoms with Crippen LogP contribution in [-0.2, 0) is 9.59 Å². The molecule has 2 amide bonds. The highest BCUT2D eigenvalue weighted by Gasteiger charge is 2.60. The van der Waals surface area contributed by atoms with Crippen molar-refractivity contribution < 1.29 is 29.0 Å². The van der Waals surface area contributed by atoms with Gasteiger partial charge in [0.2, 0.25) is 5.91 Å². The van der Waals surface area contributed by atoms with Gasteiger partial charge in [0.05, 0.1) is 18.1 Å². The first kappa shape index (κ1) is 21.3. The standard InChI is InChI=1S/C20H25N5O6S/c1-8-14-13(9(2)26)18(28)25(14)15(19(29)30)16(8)32-11-5-24(6-11)20-22-12(7-31-20)17(27)23-3-10(21)4-23/h7-11,13-14,26H,3-6,21H2,1-2H3,(H,29,30)/t8-,9-,13-,14-/m1/s1. The predicted octanol–water partition coefficient (Wildman–Crippen LogP) is -0.467.